The molecule has 1 aromatic heterocycles. The van der Waals surface area contributed by atoms with Crippen molar-refractivity contribution in [1.29, 1.82) is 0 Å². The molecule has 1 aliphatic heterocycles. The summed E-state index contributed by atoms with van der Waals surface area (Å²) in [6, 6.07) is 7.68. The monoisotopic (exact) mass is 378 g/mol. The van der Waals surface area contributed by atoms with Gasteiger partial charge in [0.15, 0.2) is 11.8 Å². The number of benzene rings is 1. The van der Waals surface area contributed by atoms with Crippen molar-refractivity contribution < 1.29 is 9.59 Å². The average Bonchev–Trinajstić information content (AvgIpc) is 3.11. The Bertz CT molecular complexity index is 873. The molecule has 0 bridgehead atoms. The highest BCUT2D eigenvalue weighted by molar-refractivity contribution is 6.37. The Balaban J connectivity index is 2.07. The summed E-state index contributed by atoms with van der Waals surface area (Å²) in [6.45, 7) is 1.16. The lowest BCUT2D eigenvalue weighted by molar-refractivity contribution is -0.132. The number of pyridine rings is 1. The van der Waals surface area contributed by atoms with Gasteiger partial charge in [-0.1, -0.05) is 29.3 Å². The maximum absolute atomic E-state index is 13.1. The van der Waals surface area contributed by atoms with E-state index in [2.05, 4.69) is 0 Å². The second kappa shape index (κ2) is 7.42. The van der Waals surface area contributed by atoms with Crippen LogP contribution in [0.15, 0.2) is 47.4 Å². The van der Waals surface area contributed by atoms with Gasteiger partial charge < -0.3 is 4.90 Å². The van der Waals surface area contributed by atoms with Crippen molar-refractivity contribution >= 4 is 34.9 Å². The van der Waals surface area contributed by atoms with E-state index in [-0.39, 0.29) is 16.5 Å². The SMILES string of the molecule is O=C(c1ccc(Cl)cc1Cl)[C@H](C(=O)N1CCCC1)n1ccccc1=O. The number of nitrogens with zero attached hydrogens (tertiary/aromatic N) is 2. The lowest BCUT2D eigenvalue weighted by atomic mass is 10.0. The van der Waals surface area contributed by atoms with E-state index < -0.39 is 17.4 Å². The van der Waals surface area contributed by atoms with Crippen LogP contribution in [0, 0.1) is 0 Å². The molecule has 2 aromatic rings. The van der Waals surface area contributed by atoms with Crippen molar-refractivity contribution in [2.24, 2.45) is 0 Å². The molecule has 1 aromatic carbocycles. The molecule has 0 unspecified atom stereocenters. The molecule has 0 radical (unpaired) electrons. The number of halogens is 2. The average molecular weight is 379 g/mol. The van der Waals surface area contributed by atoms with Crippen LogP contribution in [0.3, 0.4) is 0 Å². The Morgan fingerprint density at radius 3 is 2.40 bits per heavy atom. The third-order valence-electron chi connectivity index (χ3n) is 4.23. The van der Waals surface area contributed by atoms with Gasteiger partial charge in [-0.25, -0.2) is 0 Å². The highest BCUT2D eigenvalue weighted by Crippen LogP contribution is 2.26. The van der Waals surface area contributed by atoms with Crippen LogP contribution in [0.2, 0.25) is 10.0 Å². The first-order chi connectivity index (χ1) is 12.0. The first-order valence-electron chi connectivity index (χ1n) is 7.94. The number of aromatic nitrogens is 1. The van der Waals surface area contributed by atoms with E-state index in [1.807, 2.05) is 0 Å². The van der Waals surface area contributed by atoms with E-state index in [9.17, 15) is 14.4 Å². The van der Waals surface area contributed by atoms with Gasteiger partial charge in [-0.05, 0) is 37.1 Å². The number of carbonyl (C=O) groups excluding carboxylic acids is 2. The normalized spacial score (nSPS) is 15.2. The lowest BCUT2D eigenvalue weighted by Crippen LogP contribution is -2.42. The van der Waals surface area contributed by atoms with E-state index >= 15 is 0 Å². The summed E-state index contributed by atoms with van der Waals surface area (Å²) in [4.78, 5) is 39.9. The van der Waals surface area contributed by atoms with Gasteiger partial charge in [0.25, 0.3) is 11.5 Å². The van der Waals surface area contributed by atoms with Gasteiger partial charge in [0.05, 0.1) is 5.02 Å². The third kappa shape index (κ3) is 3.62. The highest BCUT2D eigenvalue weighted by Gasteiger charge is 2.35. The number of carbonyl (C=O) groups is 2. The second-order valence-corrected chi connectivity index (χ2v) is 6.71. The van der Waals surface area contributed by atoms with Crippen LogP contribution in [-0.2, 0) is 4.79 Å². The van der Waals surface area contributed by atoms with Gasteiger partial charge in [-0.15, -0.1) is 0 Å². The number of ketones is 1. The third-order valence-corrected chi connectivity index (χ3v) is 4.77. The number of rotatable bonds is 4. The zero-order valence-electron chi connectivity index (χ0n) is 13.3. The molecule has 0 N–H and O–H groups in total. The van der Waals surface area contributed by atoms with Crippen LogP contribution < -0.4 is 5.56 Å². The van der Waals surface area contributed by atoms with Gasteiger partial charge in [0.2, 0.25) is 0 Å². The summed E-state index contributed by atoms with van der Waals surface area (Å²) in [5.74, 6) is -0.909. The molecule has 2 heterocycles. The Labute approximate surface area is 154 Å². The number of Topliss-reactive ketones (excluding diaryl/α,β-unsaturated/α-hetero) is 1. The lowest BCUT2D eigenvalue weighted by Gasteiger charge is -2.24. The Hall–Kier alpha value is -2.11. The summed E-state index contributed by atoms with van der Waals surface area (Å²) in [5.41, 5.74) is -0.252. The van der Waals surface area contributed by atoms with Crippen molar-refractivity contribution in [3.8, 4) is 0 Å². The summed E-state index contributed by atoms with van der Waals surface area (Å²) < 4.78 is 1.16. The minimum absolute atomic E-state index is 0.153. The van der Waals surface area contributed by atoms with Gasteiger partial charge >= 0.3 is 0 Å². The maximum Gasteiger partial charge on any atom is 0.253 e. The molecular formula is C18H16Cl2N2O3. The first kappa shape index (κ1) is 17.7. The van der Waals surface area contributed by atoms with Crippen molar-refractivity contribution in [2.75, 3.05) is 13.1 Å². The van der Waals surface area contributed by atoms with Gasteiger partial charge in [-0.3, -0.25) is 19.0 Å². The summed E-state index contributed by atoms with van der Waals surface area (Å²) in [5, 5.41) is 0.543. The molecule has 0 saturated carbocycles. The van der Waals surface area contributed by atoms with Gasteiger partial charge in [0, 0.05) is 35.9 Å². The number of hydrogen-bond donors (Lipinski definition) is 0. The maximum atomic E-state index is 13.1. The topological polar surface area (TPSA) is 59.4 Å². The molecule has 1 saturated heterocycles. The molecule has 1 atom stereocenters. The molecule has 0 aliphatic carbocycles. The molecule has 7 heteroatoms. The second-order valence-electron chi connectivity index (χ2n) is 5.87. The standard InChI is InChI=1S/C18H16Cl2N2O3/c19-12-6-7-13(14(20)11-12)17(24)16(18(25)21-8-3-4-9-21)22-10-2-1-5-15(22)23/h1-2,5-7,10-11,16H,3-4,8-9H2/t16-/m1/s1. The van der Waals surface area contributed by atoms with Crippen molar-refractivity contribution in [3.05, 3.63) is 68.6 Å². The molecule has 130 valence electrons. The minimum Gasteiger partial charge on any atom is -0.340 e. The fraction of sp³-hybridized carbons (Fsp3) is 0.278. The van der Waals surface area contributed by atoms with Crippen LogP contribution in [0.4, 0.5) is 0 Å². The largest absolute Gasteiger partial charge is 0.340 e. The Morgan fingerprint density at radius 2 is 1.76 bits per heavy atom. The molecular weight excluding hydrogens is 363 g/mol. The minimum atomic E-state index is -1.27. The van der Waals surface area contributed by atoms with Crippen LogP contribution in [0.25, 0.3) is 0 Å². The molecule has 3 rings (SSSR count). The van der Waals surface area contributed by atoms with Gasteiger partial charge in [-0.2, -0.15) is 0 Å². The van der Waals surface area contributed by atoms with Crippen molar-refractivity contribution in [3.63, 3.8) is 0 Å². The zero-order chi connectivity index (χ0) is 18.0. The Morgan fingerprint density at radius 1 is 1.04 bits per heavy atom. The summed E-state index contributed by atoms with van der Waals surface area (Å²) in [6.07, 6.45) is 3.22. The predicted octanol–water partition coefficient (Wildman–Crippen LogP) is 3.20. The molecule has 0 spiro atoms. The Kier molecular flexibility index (Phi) is 5.25. The van der Waals surface area contributed by atoms with E-state index in [0.29, 0.717) is 18.1 Å². The number of hydrogen-bond acceptors (Lipinski definition) is 3. The fourth-order valence-electron chi connectivity index (χ4n) is 2.96. The highest BCUT2D eigenvalue weighted by atomic mass is 35.5. The van der Waals surface area contributed by atoms with E-state index in [1.165, 1.54) is 30.5 Å². The molecule has 25 heavy (non-hydrogen) atoms. The number of likely N-dealkylation sites (tertiary alicyclic amines) is 1. The van der Waals surface area contributed by atoms with E-state index in [1.54, 1.807) is 17.0 Å². The molecule has 1 aliphatic rings. The fourth-order valence-corrected chi connectivity index (χ4v) is 3.46. The zero-order valence-corrected chi connectivity index (χ0v) is 14.8. The van der Waals surface area contributed by atoms with Crippen LogP contribution in [0.5, 0.6) is 0 Å². The summed E-state index contributed by atoms with van der Waals surface area (Å²) in [7, 11) is 0. The molecule has 1 amide bonds. The first-order valence-corrected chi connectivity index (χ1v) is 8.70. The predicted molar refractivity (Wildman–Crippen MR) is 96.3 cm³/mol. The van der Waals surface area contributed by atoms with E-state index in [4.69, 9.17) is 23.2 Å². The quantitative estimate of drug-likeness (QED) is 0.606. The molecule has 5 nitrogen and oxygen atoms in total. The van der Waals surface area contributed by atoms with Crippen LogP contribution >= 0.6 is 23.2 Å². The van der Waals surface area contributed by atoms with Crippen molar-refractivity contribution in [2.45, 2.75) is 18.9 Å². The van der Waals surface area contributed by atoms with Crippen molar-refractivity contribution in [1.82, 2.24) is 9.47 Å². The summed E-state index contributed by atoms with van der Waals surface area (Å²) >= 11 is 12.0. The molecule has 1 fully saturated rings. The number of amides is 1. The smallest absolute Gasteiger partial charge is 0.253 e. The van der Waals surface area contributed by atoms with E-state index in [0.717, 1.165) is 17.4 Å². The van der Waals surface area contributed by atoms with Crippen LogP contribution in [0.1, 0.15) is 29.2 Å². The van der Waals surface area contributed by atoms with Gasteiger partial charge in [0.1, 0.15) is 0 Å². The van der Waals surface area contributed by atoms with Crippen LogP contribution in [-0.4, -0.2) is 34.2 Å².